The SMILES string of the molecule is COc1cc(S(=O)(=O)c2ccccc2Cc2ccccc2)ccc1O. The summed E-state index contributed by atoms with van der Waals surface area (Å²) >= 11 is 0. The standard InChI is InChI=1S/C20H18O4S/c1-24-19-14-17(11-12-18(19)21)25(22,23)20-10-6-5-9-16(20)13-15-7-3-2-4-8-15/h2-12,14,21H,13H2,1H3. The number of aromatic hydroxyl groups is 1. The highest BCUT2D eigenvalue weighted by Crippen LogP contribution is 2.32. The van der Waals surface area contributed by atoms with Crippen LogP contribution in [0.4, 0.5) is 0 Å². The molecular formula is C20H18O4S. The van der Waals surface area contributed by atoms with Gasteiger partial charge >= 0.3 is 0 Å². The number of hydrogen-bond donors (Lipinski definition) is 1. The third-order valence-corrected chi connectivity index (χ3v) is 5.81. The normalized spacial score (nSPS) is 11.2. The molecule has 0 spiro atoms. The van der Waals surface area contributed by atoms with Crippen molar-refractivity contribution < 1.29 is 18.3 Å². The Labute approximate surface area is 147 Å². The molecular weight excluding hydrogens is 336 g/mol. The minimum atomic E-state index is -3.73. The molecule has 0 saturated heterocycles. The molecule has 0 aromatic heterocycles. The predicted molar refractivity (Wildman–Crippen MR) is 95.8 cm³/mol. The Hall–Kier alpha value is -2.79. The van der Waals surface area contributed by atoms with E-state index in [2.05, 4.69) is 0 Å². The summed E-state index contributed by atoms with van der Waals surface area (Å²) < 4.78 is 31.2. The first-order chi connectivity index (χ1) is 12.0. The van der Waals surface area contributed by atoms with E-state index in [0.29, 0.717) is 6.42 Å². The van der Waals surface area contributed by atoms with E-state index in [9.17, 15) is 13.5 Å². The fraction of sp³-hybridized carbons (Fsp3) is 0.100. The van der Waals surface area contributed by atoms with E-state index in [-0.39, 0.29) is 21.3 Å². The summed E-state index contributed by atoms with van der Waals surface area (Å²) in [7, 11) is -2.35. The van der Waals surface area contributed by atoms with Crippen LogP contribution in [-0.2, 0) is 16.3 Å². The monoisotopic (exact) mass is 354 g/mol. The third-order valence-electron chi connectivity index (χ3n) is 3.96. The quantitative estimate of drug-likeness (QED) is 0.756. The number of sulfone groups is 1. The molecule has 0 aliphatic rings. The van der Waals surface area contributed by atoms with Gasteiger partial charge in [-0.05, 0) is 35.7 Å². The van der Waals surface area contributed by atoms with Crippen LogP contribution >= 0.6 is 0 Å². The fourth-order valence-electron chi connectivity index (χ4n) is 2.68. The van der Waals surface area contributed by atoms with Gasteiger partial charge in [-0.25, -0.2) is 8.42 Å². The smallest absolute Gasteiger partial charge is 0.207 e. The van der Waals surface area contributed by atoms with Gasteiger partial charge in [0.05, 0.1) is 16.9 Å². The molecule has 0 amide bonds. The Morgan fingerprint density at radius 2 is 1.60 bits per heavy atom. The van der Waals surface area contributed by atoms with Crippen molar-refractivity contribution in [1.82, 2.24) is 0 Å². The van der Waals surface area contributed by atoms with Crippen LogP contribution in [0.25, 0.3) is 0 Å². The third kappa shape index (κ3) is 3.51. The first kappa shape index (κ1) is 17.0. The number of methoxy groups -OCH3 is 1. The lowest BCUT2D eigenvalue weighted by Gasteiger charge is -2.12. The van der Waals surface area contributed by atoms with Gasteiger partial charge in [0.15, 0.2) is 11.5 Å². The zero-order valence-electron chi connectivity index (χ0n) is 13.7. The van der Waals surface area contributed by atoms with Gasteiger partial charge in [0.1, 0.15) is 0 Å². The number of hydrogen-bond acceptors (Lipinski definition) is 4. The lowest BCUT2D eigenvalue weighted by molar-refractivity contribution is 0.372. The summed E-state index contributed by atoms with van der Waals surface area (Å²) in [6.45, 7) is 0. The summed E-state index contributed by atoms with van der Waals surface area (Å²) in [5.41, 5.74) is 1.76. The molecule has 0 aliphatic carbocycles. The molecule has 0 atom stereocenters. The van der Waals surface area contributed by atoms with Crippen LogP contribution in [0.2, 0.25) is 0 Å². The predicted octanol–water partition coefficient (Wildman–Crippen LogP) is 3.82. The van der Waals surface area contributed by atoms with E-state index in [1.165, 1.54) is 25.3 Å². The number of phenols is 1. The minimum Gasteiger partial charge on any atom is -0.504 e. The lowest BCUT2D eigenvalue weighted by Crippen LogP contribution is -2.06. The molecule has 5 heteroatoms. The first-order valence-electron chi connectivity index (χ1n) is 7.76. The van der Waals surface area contributed by atoms with Gasteiger partial charge in [0.25, 0.3) is 0 Å². The number of benzene rings is 3. The fourth-order valence-corrected chi connectivity index (χ4v) is 4.19. The Kier molecular flexibility index (Phi) is 4.76. The van der Waals surface area contributed by atoms with Crippen molar-refractivity contribution in [3.63, 3.8) is 0 Å². The second-order valence-corrected chi connectivity index (χ2v) is 7.53. The largest absolute Gasteiger partial charge is 0.504 e. The number of ether oxygens (including phenoxy) is 1. The summed E-state index contributed by atoms with van der Waals surface area (Å²) in [4.78, 5) is 0.342. The van der Waals surface area contributed by atoms with Crippen LogP contribution in [0.1, 0.15) is 11.1 Å². The Morgan fingerprint density at radius 3 is 2.32 bits per heavy atom. The van der Waals surface area contributed by atoms with Crippen molar-refractivity contribution in [3.05, 3.63) is 83.9 Å². The van der Waals surface area contributed by atoms with Gasteiger partial charge in [-0.15, -0.1) is 0 Å². The number of rotatable bonds is 5. The molecule has 0 fully saturated rings. The zero-order valence-corrected chi connectivity index (χ0v) is 14.5. The second-order valence-electron chi connectivity index (χ2n) is 5.61. The van der Waals surface area contributed by atoms with Crippen molar-refractivity contribution in [2.75, 3.05) is 7.11 Å². The average Bonchev–Trinajstić information content (AvgIpc) is 2.63. The van der Waals surface area contributed by atoms with Crippen LogP contribution in [0.3, 0.4) is 0 Å². The van der Waals surface area contributed by atoms with Crippen molar-refractivity contribution in [1.29, 1.82) is 0 Å². The van der Waals surface area contributed by atoms with Crippen LogP contribution in [0.5, 0.6) is 11.5 Å². The Bertz CT molecular complexity index is 980. The molecule has 0 radical (unpaired) electrons. The van der Waals surface area contributed by atoms with Gasteiger partial charge in [-0.2, -0.15) is 0 Å². The van der Waals surface area contributed by atoms with E-state index in [0.717, 1.165) is 11.1 Å². The molecule has 0 aliphatic heterocycles. The molecule has 3 aromatic rings. The summed E-state index contributed by atoms with van der Waals surface area (Å²) in [5.74, 6) is 0.0284. The van der Waals surface area contributed by atoms with Crippen LogP contribution in [0, 0.1) is 0 Å². The van der Waals surface area contributed by atoms with E-state index < -0.39 is 9.84 Å². The van der Waals surface area contributed by atoms with E-state index in [1.54, 1.807) is 12.1 Å². The molecule has 3 aromatic carbocycles. The maximum absolute atomic E-state index is 13.1. The summed E-state index contributed by atoms with van der Waals surface area (Å²) in [6.07, 6.45) is 0.519. The Morgan fingerprint density at radius 1 is 0.920 bits per heavy atom. The van der Waals surface area contributed by atoms with Gasteiger partial charge in [-0.1, -0.05) is 48.5 Å². The second kappa shape index (κ2) is 6.99. The van der Waals surface area contributed by atoms with E-state index in [1.807, 2.05) is 42.5 Å². The van der Waals surface area contributed by atoms with Gasteiger partial charge < -0.3 is 9.84 Å². The summed E-state index contributed by atoms with van der Waals surface area (Å²) in [5, 5.41) is 9.70. The van der Waals surface area contributed by atoms with Crippen molar-refractivity contribution in [3.8, 4) is 11.5 Å². The topological polar surface area (TPSA) is 63.6 Å². The maximum Gasteiger partial charge on any atom is 0.207 e. The molecule has 0 heterocycles. The molecule has 0 bridgehead atoms. The highest BCUT2D eigenvalue weighted by molar-refractivity contribution is 7.91. The van der Waals surface area contributed by atoms with Crippen molar-refractivity contribution in [2.24, 2.45) is 0 Å². The average molecular weight is 354 g/mol. The van der Waals surface area contributed by atoms with Crippen LogP contribution < -0.4 is 4.74 Å². The van der Waals surface area contributed by atoms with Gasteiger partial charge in [0.2, 0.25) is 9.84 Å². The van der Waals surface area contributed by atoms with Crippen molar-refractivity contribution in [2.45, 2.75) is 16.2 Å². The van der Waals surface area contributed by atoms with Crippen LogP contribution in [-0.4, -0.2) is 20.6 Å². The zero-order chi connectivity index (χ0) is 17.9. The molecule has 1 N–H and O–H groups in total. The molecule has 128 valence electrons. The van der Waals surface area contributed by atoms with E-state index >= 15 is 0 Å². The Balaban J connectivity index is 2.06. The highest BCUT2D eigenvalue weighted by atomic mass is 32.2. The van der Waals surface area contributed by atoms with Crippen molar-refractivity contribution >= 4 is 9.84 Å². The minimum absolute atomic E-state index is 0.0858. The van der Waals surface area contributed by atoms with Gasteiger partial charge in [-0.3, -0.25) is 0 Å². The van der Waals surface area contributed by atoms with E-state index in [4.69, 9.17) is 4.74 Å². The number of phenolic OH excluding ortho intramolecular Hbond substituents is 1. The molecule has 0 unspecified atom stereocenters. The summed E-state index contributed by atoms with van der Waals surface area (Å²) in [6, 6.07) is 20.7. The molecule has 25 heavy (non-hydrogen) atoms. The van der Waals surface area contributed by atoms with Crippen LogP contribution in [0.15, 0.2) is 82.6 Å². The maximum atomic E-state index is 13.1. The molecule has 3 rings (SSSR count). The van der Waals surface area contributed by atoms with Gasteiger partial charge in [0, 0.05) is 6.07 Å². The molecule has 4 nitrogen and oxygen atoms in total. The lowest BCUT2D eigenvalue weighted by atomic mass is 10.1. The molecule has 0 saturated carbocycles. The first-order valence-corrected chi connectivity index (χ1v) is 9.24. The highest BCUT2D eigenvalue weighted by Gasteiger charge is 2.22.